The van der Waals surface area contributed by atoms with Crippen LogP contribution in [0.15, 0.2) is 17.0 Å². The second-order valence-corrected chi connectivity index (χ2v) is 5.29. The van der Waals surface area contributed by atoms with Crippen molar-refractivity contribution in [3.05, 3.63) is 23.8 Å². The zero-order valence-corrected chi connectivity index (χ0v) is 10.5. The number of hydrogen-bond acceptors (Lipinski definition) is 3. The van der Waals surface area contributed by atoms with Crippen molar-refractivity contribution in [2.75, 3.05) is 18.1 Å². The zero-order valence-electron chi connectivity index (χ0n) is 9.70. The Bertz CT molecular complexity index is 401. The molecule has 96 valence electrons. The molecule has 2 N–H and O–H groups in total. The van der Waals surface area contributed by atoms with E-state index in [4.69, 9.17) is 10.5 Å². The second-order valence-electron chi connectivity index (χ2n) is 3.78. The largest absolute Gasteiger partial charge is 0.399 e. The molecule has 0 saturated heterocycles. The Labute approximate surface area is 101 Å². The van der Waals surface area contributed by atoms with Crippen LogP contribution in [0.1, 0.15) is 13.8 Å². The van der Waals surface area contributed by atoms with Crippen molar-refractivity contribution >= 4 is 16.5 Å². The number of benzene rings is 1. The standard InChI is InChI=1S/C11H15F2NO2S/c1-7(2)16-3-4-17(15)11-9(12)5-8(14)6-10(11)13/h5-7H,3-4,14H2,1-2H3. The van der Waals surface area contributed by atoms with Gasteiger partial charge in [-0.1, -0.05) is 0 Å². The van der Waals surface area contributed by atoms with Crippen molar-refractivity contribution in [3.63, 3.8) is 0 Å². The maximum absolute atomic E-state index is 13.4. The maximum atomic E-state index is 13.4. The van der Waals surface area contributed by atoms with E-state index in [0.717, 1.165) is 12.1 Å². The number of halogens is 2. The number of ether oxygens (including phenoxy) is 1. The van der Waals surface area contributed by atoms with Gasteiger partial charge in [0, 0.05) is 5.69 Å². The van der Waals surface area contributed by atoms with Gasteiger partial charge in [0.25, 0.3) is 0 Å². The molecule has 0 aliphatic carbocycles. The Morgan fingerprint density at radius 2 is 1.88 bits per heavy atom. The third kappa shape index (κ3) is 4.05. The monoisotopic (exact) mass is 263 g/mol. The van der Waals surface area contributed by atoms with E-state index in [1.54, 1.807) is 0 Å². The molecule has 1 aromatic rings. The minimum Gasteiger partial charge on any atom is -0.399 e. The summed E-state index contributed by atoms with van der Waals surface area (Å²) < 4.78 is 43.7. The molecule has 0 fully saturated rings. The van der Waals surface area contributed by atoms with E-state index in [1.807, 2.05) is 13.8 Å². The van der Waals surface area contributed by atoms with Crippen molar-refractivity contribution in [2.45, 2.75) is 24.8 Å². The summed E-state index contributed by atoms with van der Waals surface area (Å²) in [7, 11) is -1.76. The molecule has 17 heavy (non-hydrogen) atoms. The summed E-state index contributed by atoms with van der Waals surface area (Å²) in [6, 6.07) is 1.92. The lowest BCUT2D eigenvalue weighted by Crippen LogP contribution is -2.13. The van der Waals surface area contributed by atoms with E-state index in [0.29, 0.717) is 0 Å². The van der Waals surface area contributed by atoms with E-state index in [1.165, 1.54) is 0 Å². The van der Waals surface area contributed by atoms with Crippen LogP contribution in [0.4, 0.5) is 14.5 Å². The summed E-state index contributed by atoms with van der Waals surface area (Å²) in [6.45, 7) is 3.84. The first kappa shape index (κ1) is 14.1. The highest BCUT2D eigenvalue weighted by Crippen LogP contribution is 2.20. The van der Waals surface area contributed by atoms with Gasteiger partial charge < -0.3 is 10.5 Å². The molecule has 1 aromatic carbocycles. The van der Waals surface area contributed by atoms with Crippen LogP contribution in [0, 0.1) is 11.6 Å². The molecule has 3 nitrogen and oxygen atoms in total. The lowest BCUT2D eigenvalue weighted by atomic mass is 10.3. The Morgan fingerprint density at radius 1 is 1.35 bits per heavy atom. The fourth-order valence-corrected chi connectivity index (χ4v) is 2.26. The third-order valence-electron chi connectivity index (χ3n) is 1.97. The van der Waals surface area contributed by atoms with Crippen LogP contribution in [0.3, 0.4) is 0 Å². The molecule has 0 radical (unpaired) electrons. The van der Waals surface area contributed by atoms with Crippen LogP contribution < -0.4 is 5.73 Å². The number of hydrogen-bond donors (Lipinski definition) is 1. The smallest absolute Gasteiger partial charge is 0.144 e. The number of anilines is 1. The molecule has 6 heteroatoms. The van der Waals surface area contributed by atoms with Crippen molar-refractivity contribution in [1.82, 2.24) is 0 Å². The summed E-state index contributed by atoms with van der Waals surface area (Å²) in [5.41, 5.74) is 5.24. The lowest BCUT2D eigenvalue weighted by Gasteiger charge is -2.08. The number of nitrogen functional groups attached to an aromatic ring is 1. The van der Waals surface area contributed by atoms with Gasteiger partial charge >= 0.3 is 0 Å². The van der Waals surface area contributed by atoms with E-state index in [2.05, 4.69) is 0 Å². The average molecular weight is 263 g/mol. The maximum Gasteiger partial charge on any atom is 0.144 e. The lowest BCUT2D eigenvalue weighted by molar-refractivity contribution is 0.0916. The Balaban J connectivity index is 2.76. The molecule has 0 saturated carbocycles. The number of nitrogens with two attached hydrogens (primary N) is 1. The molecular weight excluding hydrogens is 248 g/mol. The van der Waals surface area contributed by atoms with Crippen LogP contribution in [-0.4, -0.2) is 22.7 Å². The predicted molar refractivity (Wildman–Crippen MR) is 63.1 cm³/mol. The molecule has 0 amide bonds. The quantitative estimate of drug-likeness (QED) is 0.827. The van der Waals surface area contributed by atoms with Gasteiger partial charge in [-0.15, -0.1) is 0 Å². The second kappa shape index (κ2) is 6.07. The fraction of sp³-hybridized carbons (Fsp3) is 0.455. The fourth-order valence-electron chi connectivity index (χ4n) is 1.26. The summed E-state index contributed by atoms with van der Waals surface area (Å²) >= 11 is 0. The van der Waals surface area contributed by atoms with E-state index < -0.39 is 27.3 Å². The number of rotatable bonds is 5. The molecule has 1 rings (SSSR count). The summed E-state index contributed by atoms with van der Waals surface area (Å²) in [6.07, 6.45) is -0.00638. The topological polar surface area (TPSA) is 52.3 Å². The first-order chi connectivity index (χ1) is 7.91. The van der Waals surface area contributed by atoms with Gasteiger partial charge in [0.15, 0.2) is 0 Å². The molecule has 0 bridgehead atoms. The van der Waals surface area contributed by atoms with Crippen molar-refractivity contribution in [1.29, 1.82) is 0 Å². The first-order valence-corrected chi connectivity index (χ1v) is 6.48. The van der Waals surface area contributed by atoms with Gasteiger partial charge in [0.2, 0.25) is 0 Å². The molecule has 0 heterocycles. The van der Waals surface area contributed by atoms with Crippen LogP contribution in [-0.2, 0) is 15.5 Å². The minimum absolute atomic E-state index is 0.00638. The summed E-state index contributed by atoms with van der Waals surface area (Å²) in [5, 5.41) is 0. The van der Waals surface area contributed by atoms with Crippen LogP contribution in [0.5, 0.6) is 0 Å². The van der Waals surface area contributed by atoms with Crippen LogP contribution in [0.25, 0.3) is 0 Å². The molecule has 0 aliphatic heterocycles. The molecule has 0 aliphatic rings. The van der Waals surface area contributed by atoms with Crippen molar-refractivity contribution in [3.8, 4) is 0 Å². The van der Waals surface area contributed by atoms with Gasteiger partial charge in [-0.2, -0.15) is 0 Å². The Morgan fingerprint density at radius 3 is 2.35 bits per heavy atom. The highest BCUT2D eigenvalue weighted by atomic mass is 32.2. The summed E-state index contributed by atoms with van der Waals surface area (Å²) in [5.74, 6) is -1.72. The summed E-state index contributed by atoms with van der Waals surface area (Å²) in [4.78, 5) is -0.438. The molecule has 0 aromatic heterocycles. The first-order valence-electron chi connectivity index (χ1n) is 5.16. The van der Waals surface area contributed by atoms with Crippen LogP contribution in [0.2, 0.25) is 0 Å². The van der Waals surface area contributed by atoms with Gasteiger partial charge in [-0.3, -0.25) is 4.21 Å². The van der Waals surface area contributed by atoms with Gasteiger partial charge in [0.05, 0.1) is 29.3 Å². The van der Waals surface area contributed by atoms with Crippen molar-refractivity contribution in [2.24, 2.45) is 0 Å². The van der Waals surface area contributed by atoms with E-state index in [9.17, 15) is 13.0 Å². The minimum atomic E-state index is -1.76. The Hall–Kier alpha value is -1.01. The molecule has 1 atom stereocenters. The predicted octanol–water partition coefficient (Wildman–Crippen LogP) is 2.08. The molecule has 0 spiro atoms. The average Bonchev–Trinajstić information content (AvgIpc) is 2.14. The normalized spacial score (nSPS) is 13.0. The molecule has 1 unspecified atom stereocenters. The van der Waals surface area contributed by atoms with Gasteiger partial charge in [-0.05, 0) is 26.0 Å². The van der Waals surface area contributed by atoms with E-state index >= 15 is 0 Å². The highest BCUT2D eigenvalue weighted by molar-refractivity contribution is 7.85. The Kier molecular flexibility index (Phi) is 5.02. The zero-order chi connectivity index (χ0) is 13.0. The van der Waals surface area contributed by atoms with E-state index in [-0.39, 0.29) is 24.2 Å². The van der Waals surface area contributed by atoms with Gasteiger partial charge in [-0.25, -0.2) is 8.78 Å². The highest BCUT2D eigenvalue weighted by Gasteiger charge is 2.16. The van der Waals surface area contributed by atoms with Crippen LogP contribution >= 0.6 is 0 Å². The van der Waals surface area contributed by atoms with Crippen molar-refractivity contribution < 1.29 is 17.7 Å². The van der Waals surface area contributed by atoms with Gasteiger partial charge in [0.1, 0.15) is 16.5 Å². The molecular formula is C11H15F2NO2S. The third-order valence-corrected chi connectivity index (χ3v) is 3.35. The SMILES string of the molecule is CC(C)OCCS(=O)c1c(F)cc(N)cc1F.